The van der Waals surface area contributed by atoms with Crippen LogP contribution < -0.4 is 10.6 Å². The second-order valence-corrected chi connectivity index (χ2v) is 12.8. The van der Waals surface area contributed by atoms with E-state index in [9.17, 15) is 0 Å². The van der Waals surface area contributed by atoms with Crippen LogP contribution in [0.25, 0.3) is 0 Å². The molecule has 0 fully saturated rings. The van der Waals surface area contributed by atoms with Crippen molar-refractivity contribution in [3.63, 3.8) is 0 Å². The van der Waals surface area contributed by atoms with Gasteiger partial charge in [-0.2, -0.15) is 0 Å². The maximum absolute atomic E-state index is 2.39. The normalized spacial score (nSPS) is 13.2. The Balaban J connectivity index is 2.30. The third kappa shape index (κ3) is 2.70. The summed E-state index contributed by atoms with van der Waals surface area (Å²) in [6.07, 6.45) is 3.55. The van der Waals surface area contributed by atoms with Gasteiger partial charge in [0.2, 0.25) is 0 Å². The molecular weight excluding hydrogens is 307 g/mol. The molecule has 3 aromatic rings. The monoisotopic (exact) mass is 334 g/mol. The number of hydrogen-bond acceptors (Lipinski definition) is 0. The van der Waals surface area contributed by atoms with Crippen LogP contribution in [0.5, 0.6) is 0 Å². The van der Waals surface area contributed by atoms with Gasteiger partial charge in [-0.3, -0.25) is 0 Å². The van der Waals surface area contributed by atoms with Crippen LogP contribution >= 0.6 is 6.60 Å². The Morgan fingerprint density at radius 2 is 0.917 bits per heavy atom. The number of benzene rings is 3. The predicted molar refractivity (Wildman–Crippen MR) is 110 cm³/mol. The zero-order valence-corrected chi connectivity index (χ0v) is 15.6. The Kier molecular flexibility index (Phi) is 4.88. The molecule has 0 N–H and O–H groups in total. The molecule has 0 saturated heterocycles. The van der Waals surface area contributed by atoms with Gasteiger partial charge in [-0.05, 0) is 0 Å². The molecule has 0 nitrogen and oxygen atoms in total. The van der Waals surface area contributed by atoms with Crippen molar-refractivity contribution in [2.75, 3.05) is 12.3 Å². The molecule has 0 aliphatic carbocycles. The van der Waals surface area contributed by atoms with Crippen molar-refractivity contribution in [1.82, 2.24) is 0 Å². The zero-order chi connectivity index (χ0) is 16.9. The van der Waals surface area contributed by atoms with Crippen molar-refractivity contribution < 1.29 is 0 Å². The van der Waals surface area contributed by atoms with Crippen molar-refractivity contribution in [2.24, 2.45) is 0 Å². The van der Waals surface area contributed by atoms with Crippen LogP contribution in [0.15, 0.2) is 91.0 Å². The first-order chi connectivity index (χ1) is 11.7. The van der Waals surface area contributed by atoms with Crippen molar-refractivity contribution >= 4 is 17.2 Å². The molecular formula is C23H27P. The van der Waals surface area contributed by atoms with Gasteiger partial charge in [0, 0.05) is 0 Å². The molecule has 24 heavy (non-hydrogen) atoms. The maximum atomic E-state index is 2.39. The summed E-state index contributed by atoms with van der Waals surface area (Å²) < 4.78 is 0. The Bertz CT molecular complexity index is 715. The molecule has 1 heteroatoms. The van der Waals surface area contributed by atoms with Crippen molar-refractivity contribution in [2.45, 2.75) is 20.0 Å². The first-order valence-electron chi connectivity index (χ1n) is 8.90. The van der Waals surface area contributed by atoms with E-state index >= 15 is 0 Å². The van der Waals surface area contributed by atoms with Crippen LogP contribution in [0.3, 0.4) is 0 Å². The summed E-state index contributed by atoms with van der Waals surface area (Å²) in [5.41, 5.74) is 1.45. The molecule has 0 aliphatic rings. The van der Waals surface area contributed by atoms with Gasteiger partial charge >= 0.3 is 146 Å². The molecule has 0 bridgehead atoms. The molecule has 0 amide bonds. The van der Waals surface area contributed by atoms with E-state index in [1.165, 1.54) is 17.9 Å². The van der Waals surface area contributed by atoms with Crippen LogP contribution in [0.4, 0.5) is 0 Å². The Labute approximate surface area is 146 Å². The summed E-state index contributed by atoms with van der Waals surface area (Å²) in [6.45, 7) is 2.50. The third-order valence-corrected chi connectivity index (χ3v) is 13.3. The second-order valence-electron chi connectivity index (χ2n) is 6.68. The third-order valence-electron chi connectivity index (χ3n) is 5.80. The second kappa shape index (κ2) is 6.91. The molecule has 0 heterocycles. The van der Waals surface area contributed by atoms with Gasteiger partial charge in [-0.25, -0.2) is 0 Å². The van der Waals surface area contributed by atoms with E-state index in [2.05, 4.69) is 105 Å². The minimum atomic E-state index is -2.29. The standard InChI is InChI=1S/C23H27P/c1-3-24(4-2,22-16-10-6-11-17-22,23-18-12-7-13-19-23)20-21-14-8-5-9-15-21/h5-19H,3-4,20H2,1-2H3. The molecule has 0 atom stereocenters. The van der Waals surface area contributed by atoms with Gasteiger partial charge in [0.15, 0.2) is 0 Å². The Morgan fingerprint density at radius 3 is 1.29 bits per heavy atom. The Morgan fingerprint density at radius 1 is 0.542 bits per heavy atom. The fourth-order valence-electron chi connectivity index (χ4n) is 4.17. The average molecular weight is 334 g/mol. The van der Waals surface area contributed by atoms with Crippen LogP contribution in [0.2, 0.25) is 0 Å². The van der Waals surface area contributed by atoms with E-state index in [0.717, 1.165) is 6.16 Å². The van der Waals surface area contributed by atoms with E-state index in [1.54, 1.807) is 10.6 Å². The van der Waals surface area contributed by atoms with Crippen LogP contribution in [0, 0.1) is 0 Å². The topological polar surface area (TPSA) is 0 Å². The molecule has 0 radical (unpaired) electrons. The van der Waals surface area contributed by atoms with Gasteiger partial charge < -0.3 is 0 Å². The first kappa shape index (κ1) is 16.9. The predicted octanol–water partition coefficient (Wildman–Crippen LogP) is 5.43. The van der Waals surface area contributed by atoms with Gasteiger partial charge in [-0.1, -0.05) is 0 Å². The summed E-state index contributed by atoms with van der Waals surface area (Å²) >= 11 is 0. The quantitative estimate of drug-likeness (QED) is 0.527. The van der Waals surface area contributed by atoms with Crippen molar-refractivity contribution in [3.8, 4) is 0 Å². The molecule has 3 aromatic carbocycles. The number of rotatable bonds is 6. The van der Waals surface area contributed by atoms with Gasteiger partial charge in [-0.15, -0.1) is 0 Å². The first-order valence-corrected chi connectivity index (χ1v) is 11.7. The summed E-state index contributed by atoms with van der Waals surface area (Å²) in [6, 6.07) is 33.6. The summed E-state index contributed by atoms with van der Waals surface area (Å²) in [5.74, 6) is 0. The Hall–Kier alpha value is -1.91. The molecule has 0 aliphatic heterocycles. The molecule has 124 valence electrons. The van der Waals surface area contributed by atoms with Crippen LogP contribution in [0.1, 0.15) is 19.4 Å². The van der Waals surface area contributed by atoms with Crippen molar-refractivity contribution in [1.29, 1.82) is 0 Å². The average Bonchev–Trinajstić information content (AvgIpc) is 2.69. The van der Waals surface area contributed by atoms with E-state index in [4.69, 9.17) is 0 Å². The van der Waals surface area contributed by atoms with Gasteiger partial charge in [0.25, 0.3) is 0 Å². The SMILES string of the molecule is CCP(CC)(Cc1ccccc1)(c1ccccc1)c1ccccc1. The van der Waals surface area contributed by atoms with E-state index in [-0.39, 0.29) is 0 Å². The van der Waals surface area contributed by atoms with Crippen LogP contribution in [-0.4, -0.2) is 12.3 Å². The minimum absolute atomic E-state index is 1.15. The van der Waals surface area contributed by atoms with Gasteiger partial charge in [0.1, 0.15) is 0 Å². The zero-order valence-electron chi connectivity index (χ0n) is 14.7. The van der Waals surface area contributed by atoms with Crippen LogP contribution in [-0.2, 0) is 6.16 Å². The molecule has 3 rings (SSSR count). The van der Waals surface area contributed by atoms with Crippen molar-refractivity contribution in [3.05, 3.63) is 96.6 Å². The fourth-order valence-corrected chi connectivity index (χ4v) is 10.2. The summed E-state index contributed by atoms with van der Waals surface area (Å²) in [5, 5.41) is 3.09. The van der Waals surface area contributed by atoms with E-state index in [0.29, 0.717) is 0 Å². The molecule has 0 saturated carbocycles. The van der Waals surface area contributed by atoms with E-state index in [1.807, 2.05) is 0 Å². The van der Waals surface area contributed by atoms with E-state index < -0.39 is 6.60 Å². The fraction of sp³-hybridized carbons (Fsp3) is 0.217. The van der Waals surface area contributed by atoms with Gasteiger partial charge in [0.05, 0.1) is 0 Å². The molecule has 0 unspecified atom stereocenters. The summed E-state index contributed by atoms with van der Waals surface area (Å²) in [7, 11) is 0. The number of hydrogen-bond donors (Lipinski definition) is 0. The summed E-state index contributed by atoms with van der Waals surface area (Å²) in [4.78, 5) is 0. The molecule has 0 aromatic heterocycles. The molecule has 0 spiro atoms.